The second-order valence-electron chi connectivity index (χ2n) is 4.83. The maximum absolute atomic E-state index is 5.44. The number of methoxy groups -OCH3 is 1. The summed E-state index contributed by atoms with van der Waals surface area (Å²) in [5.41, 5.74) is 2.34. The van der Waals surface area contributed by atoms with E-state index in [4.69, 9.17) is 4.74 Å². The minimum atomic E-state index is 0.739. The lowest BCUT2D eigenvalue weighted by molar-refractivity contribution is 0.415. The summed E-state index contributed by atoms with van der Waals surface area (Å²) in [5, 5.41) is 3.55. The van der Waals surface area contributed by atoms with Crippen molar-refractivity contribution in [1.29, 1.82) is 0 Å². The summed E-state index contributed by atoms with van der Waals surface area (Å²) in [5.74, 6) is 1.65. The number of rotatable bonds is 4. The van der Waals surface area contributed by atoms with Crippen LogP contribution >= 0.6 is 15.9 Å². The van der Waals surface area contributed by atoms with E-state index in [-0.39, 0.29) is 0 Å². The van der Waals surface area contributed by atoms with E-state index in [1.807, 2.05) is 6.07 Å². The number of nitrogens with one attached hydrogen (secondary N) is 1. The van der Waals surface area contributed by atoms with Crippen LogP contribution in [0.5, 0.6) is 5.75 Å². The molecule has 1 aromatic rings. The molecule has 0 fully saturated rings. The average molecular weight is 310 g/mol. The number of allylic oxidation sites excluding steroid dienone is 2. The van der Waals surface area contributed by atoms with Gasteiger partial charge in [0.25, 0.3) is 0 Å². The molecule has 1 atom stereocenters. The van der Waals surface area contributed by atoms with E-state index >= 15 is 0 Å². The molecule has 0 amide bonds. The normalized spacial score (nSPS) is 18.7. The molecule has 1 aliphatic carbocycles. The lowest BCUT2D eigenvalue weighted by Gasteiger charge is -2.21. The first-order valence-corrected chi connectivity index (χ1v) is 7.23. The van der Waals surface area contributed by atoms with Gasteiger partial charge in [0.2, 0.25) is 0 Å². The van der Waals surface area contributed by atoms with Crippen LogP contribution in [0, 0.1) is 12.8 Å². The van der Waals surface area contributed by atoms with Crippen LogP contribution in [0.3, 0.4) is 0 Å². The van der Waals surface area contributed by atoms with Crippen LogP contribution in [0.2, 0.25) is 0 Å². The molecule has 2 nitrogen and oxygen atoms in total. The summed E-state index contributed by atoms with van der Waals surface area (Å²) in [6.07, 6.45) is 8.25. The van der Waals surface area contributed by atoms with Crippen molar-refractivity contribution < 1.29 is 4.74 Å². The van der Waals surface area contributed by atoms with Gasteiger partial charge in [-0.05, 0) is 49.8 Å². The van der Waals surface area contributed by atoms with Crippen LogP contribution in [0.4, 0.5) is 5.69 Å². The fourth-order valence-corrected chi connectivity index (χ4v) is 2.94. The summed E-state index contributed by atoms with van der Waals surface area (Å²) in [4.78, 5) is 0. The van der Waals surface area contributed by atoms with E-state index in [1.54, 1.807) is 7.11 Å². The molecule has 0 aliphatic heterocycles. The number of ether oxygens (including phenoxy) is 1. The SMILES string of the molecule is COc1cc(Br)cc(C)c1NCC1CC=CCC1. The van der Waals surface area contributed by atoms with Crippen molar-refractivity contribution in [2.24, 2.45) is 5.92 Å². The Bertz CT molecular complexity index is 442. The molecule has 98 valence electrons. The first-order valence-electron chi connectivity index (χ1n) is 6.43. The molecule has 0 aromatic heterocycles. The van der Waals surface area contributed by atoms with Crippen LogP contribution in [0.25, 0.3) is 0 Å². The van der Waals surface area contributed by atoms with Crippen molar-refractivity contribution in [2.45, 2.75) is 26.2 Å². The molecular formula is C15H20BrNO. The van der Waals surface area contributed by atoms with Gasteiger partial charge >= 0.3 is 0 Å². The Kier molecular flexibility index (Phi) is 4.70. The van der Waals surface area contributed by atoms with Crippen molar-refractivity contribution in [3.8, 4) is 5.75 Å². The van der Waals surface area contributed by atoms with E-state index in [1.165, 1.54) is 24.8 Å². The standard InChI is InChI=1S/C15H20BrNO/c1-11-8-13(16)9-14(18-2)15(11)17-10-12-6-4-3-5-7-12/h3-4,8-9,12,17H,5-7,10H2,1-2H3. The Morgan fingerprint density at radius 2 is 2.22 bits per heavy atom. The molecule has 2 rings (SSSR count). The van der Waals surface area contributed by atoms with E-state index in [9.17, 15) is 0 Å². The number of anilines is 1. The molecule has 1 aromatic carbocycles. The minimum Gasteiger partial charge on any atom is -0.495 e. The molecule has 1 unspecified atom stereocenters. The highest BCUT2D eigenvalue weighted by molar-refractivity contribution is 9.10. The molecule has 0 saturated heterocycles. The highest BCUT2D eigenvalue weighted by Crippen LogP contribution is 2.32. The molecule has 0 heterocycles. The molecule has 1 N–H and O–H groups in total. The Morgan fingerprint density at radius 1 is 1.39 bits per heavy atom. The first kappa shape index (κ1) is 13.5. The Hall–Kier alpha value is -0.960. The molecule has 0 bridgehead atoms. The summed E-state index contributed by atoms with van der Waals surface area (Å²) < 4.78 is 6.50. The maximum Gasteiger partial charge on any atom is 0.143 e. The molecule has 0 radical (unpaired) electrons. The average Bonchev–Trinajstić information content (AvgIpc) is 2.38. The molecule has 3 heteroatoms. The van der Waals surface area contributed by atoms with Crippen LogP contribution in [0.15, 0.2) is 28.8 Å². The van der Waals surface area contributed by atoms with Crippen LogP contribution in [-0.4, -0.2) is 13.7 Å². The lowest BCUT2D eigenvalue weighted by atomic mass is 9.94. The van der Waals surface area contributed by atoms with Gasteiger partial charge in [0.15, 0.2) is 0 Å². The molecular weight excluding hydrogens is 290 g/mol. The zero-order chi connectivity index (χ0) is 13.0. The largest absolute Gasteiger partial charge is 0.495 e. The van der Waals surface area contributed by atoms with Gasteiger partial charge in [-0.25, -0.2) is 0 Å². The lowest BCUT2D eigenvalue weighted by Crippen LogP contribution is -2.16. The van der Waals surface area contributed by atoms with Gasteiger partial charge in [-0.2, -0.15) is 0 Å². The minimum absolute atomic E-state index is 0.739. The first-order chi connectivity index (χ1) is 8.70. The highest BCUT2D eigenvalue weighted by atomic mass is 79.9. The maximum atomic E-state index is 5.44. The third kappa shape index (κ3) is 3.29. The molecule has 18 heavy (non-hydrogen) atoms. The van der Waals surface area contributed by atoms with Crippen molar-refractivity contribution >= 4 is 21.6 Å². The van der Waals surface area contributed by atoms with Gasteiger partial charge in [0, 0.05) is 11.0 Å². The van der Waals surface area contributed by atoms with Crippen molar-refractivity contribution in [3.05, 3.63) is 34.3 Å². The van der Waals surface area contributed by atoms with Gasteiger partial charge in [-0.15, -0.1) is 0 Å². The van der Waals surface area contributed by atoms with Gasteiger partial charge < -0.3 is 10.1 Å². The monoisotopic (exact) mass is 309 g/mol. The molecule has 1 aliphatic rings. The molecule has 0 saturated carbocycles. The van der Waals surface area contributed by atoms with Crippen molar-refractivity contribution in [1.82, 2.24) is 0 Å². The predicted molar refractivity (Wildman–Crippen MR) is 80.4 cm³/mol. The molecule has 0 spiro atoms. The van der Waals surface area contributed by atoms with Crippen LogP contribution in [0.1, 0.15) is 24.8 Å². The van der Waals surface area contributed by atoms with Crippen LogP contribution < -0.4 is 10.1 Å². The summed E-state index contributed by atoms with van der Waals surface area (Å²) in [7, 11) is 1.72. The quantitative estimate of drug-likeness (QED) is 0.825. The third-order valence-electron chi connectivity index (χ3n) is 3.43. The fraction of sp³-hybridized carbons (Fsp3) is 0.467. The second kappa shape index (κ2) is 6.28. The predicted octanol–water partition coefficient (Wildman–Crippen LogP) is 4.53. The van der Waals surface area contributed by atoms with Gasteiger partial charge in [-0.1, -0.05) is 28.1 Å². The smallest absolute Gasteiger partial charge is 0.143 e. The number of halogens is 1. The Morgan fingerprint density at radius 3 is 2.89 bits per heavy atom. The van der Waals surface area contributed by atoms with E-state index in [2.05, 4.69) is 46.4 Å². The number of hydrogen-bond acceptors (Lipinski definition) is 2. The fourth-order valence-electron chi connectivity index (χ4n) is 2.39. The van der Waals surface area contributed by atoms with Gasteiger partial charge in [0.1, 0.15) is 5.75 Å². The van der Waals surface area contributed by atoms with Crippen LogP contribution in [-0.2, 0) is 0 Å². The van der Waals surface area contributed by atoms with Crippen molar-refractivity contribution in [3.63, 3.8) is 0 Å². The van der Waals surface area contributed by atoms with E-state index in [0.29, 0.717) is 0 Å². The Balaban J connectivity index is 2.06. The van der Waals surface area contributed by atoms with Crippen molar-refractivity contribution in [2.75, 3.05) is 19.0 Å². The number of benzene rings is 1. The van der Waals surface area contributed by atoms with Gasteiger partial charge in [-0.3, -0.25) is 0 Å². The third-order valence-corrected chi connectivity index (χ3v) is 3.89. The summed E-state index contributed by atoms with van der Waals surface area (Å²) in [6.45, 7) is 3.12. The van der Waals surface area contributed by atoms with Gasteiger partial charge in [0.05, 0.1) is 12.8 Å². The van der Waals surface area contributed by atoms with E-state index in [0.717, 1.165) is 28.4 Å². The number of aryl methyl sites for hydroxylation is 1. The van der Waals surface area contributed by atoms with E-state index < -0.39 is 0 Å². The second-order valence-corrected chi connectivity index (χ2v) is 5.75. The summed E-state index contributed by atoms with van der Waals surface area (Å²) in [6, 6.07) is 4.13. The highest BCUT2D eigenvalue weighted by Gasteiger charge is 2.12. The Labute approximate surface area is 118 Å². The summed E-state index contributed by atoms with van der Waals surface area (Å²) >= 11 is 3.50. The number of hydrogen-bond donors (Lipinski definition) is 1. The zero-order valence-electron chi connectivity index (χ0n) is 11.0. The zero-order valence-corrected chi connectivity index (χ0v) is 12.6. The topological polar surface area (TPSA) is 21.3 Å².